The lowest BCUT2D eigenvalue weighted by atomic mass is 9.96. The van der Waals surface area contributed by atoms with Crippen LogP contribution in [0.4, 0.5) is 0 Å². The highest BCUT2D eigenvalue weighted by atomic mass is 35.5. The minimum absolute atomic E-state index is 0.00120. The lowest BCUT2D eigenvalue weighted by Crippen LogP contribution is -2.37. The Bertz CT molecular complexity index is 138. The SMILES string of the molecule is CC(Cl)CNC(=O)C(C)(C)C. The van der Waals surface area contributed by atoms with Gasteiger partial charge in [-0.2, -0.15) is 0 Å². The summed E-state index contributed by atoms with van der Waals surface area (Å²) in [7, 11) is 0. The third kappa shape index (κ3) is 5.08. The fourth-order valence-corrected chi connectivity index (χ4v) is 0.576. The summed E-state index contributed by atoms with van der Waals surface area (Å²) in [5, 5.41) is 2.75. The van der Waals surface area contributed by atoms with Crippen LogP contribution in [0.1, 0.15) is 27.7 Å². The van der Waals surface area contributed by atoms with Crippen LogP contribution in [0, 0.1) is 5.41 Å². The molecular weight excluding hydrogens is 162 g/mol. The monoisotopic (exact) mass is 177 g/mol. The maximum Gasteiger partial charge on any atom is 0.225 e. The highest BCUT2D eigenvalue weighted by Gasteiger charge is 2.20. The maximum atomic E-state index is 11.2. The Kier molecular flexibility index (Phi) is 3.87. The van der Waals surface area contributed by atoms with Gasteiger partial charge >= 0.3 is 0 Å². The Balaban J connectivity index is 3.71. The number of hydrogen-bond donors (Lipinski definition) is 1. The van der Waals surface area contributed by atoms with Crippen molar-refractivity contribution in [1.82, 2.24) is 5.32 Å². The van der Waals surface area contributed by atoms with Gasteiger partial charge in [0.15, 0.2) is 0 Å². The van der Waals surface area contributed by atoms with E-state index in [1.165, 1.54) is 0 Å². The van der Waals surface area contributed by atoms with Gasteiger partial charge in [0.2, 0.25) is 5.91 Å². The normalized spacial score (nSPS) is 14.3. The minimum atomic E-state index is -0.314. The summed E-state index contributed by atoms with van der Waals surface area (Å²) in [6.45, 7) is 8.02. The fraction of sp³-hybridized carbons (Fsp3) is 0.875. The Morgan fingerprint density at radius 1 is 1.55 bits per heavy atom. The van der Waals surface area contributed by atoms with Gasteiger partial charge in [-0.15, -0.1) is 11.6 Å². The molecule has 0 saturated heterocycles. The zero-order valence-electron chi connectivity index (χ0n) is 7.57. The van der Waals surface area contributed by atoms with Gasteiger partial charge in [-0.05, 0) is 6.92 Å². The standard InChI is InChI=1S/C8H16ClNO/c1-6(9)5-10-7(11)8(2,3)4/h6H,5H2,1-4H3,(H,10,11). The van der Waals surface area contributed by atoms with E-state index in [4.69, 9.17) is 11.6 Å². The third-order valence-corrected chi connectivity index (χ3v) is 1.38. The molecule has 0 aromatic carbocycles. The quantitative estimate of drug-likeness (QED) is 0.641. The molecule has 0 bridgehead atoms. The second kappa shape index (κ2) is 3.96. The molecule has 0 aliphatic carbocycles. The van der Waals surface area contributed by atoms with Crippen molar-refractivity contribution in [3.63, 3.8) is 0 Å². The molecule has 0 rings (SSSR count). The van der Waals surface area contributed by atoms with Crippen LogP contribution in [-0.4, -0.2) is 17.8 Å². The number of alkyl halides is 1. The number of nitrogens with one attached hydrogen (secondary N) is 1. The van der Waals surface area contributed by atoms with Gasteiger partial charge in [0.05, 0.1) is 0 Å². The summed E-state index contributed by atoms with van der Waals surface area (Å²) in [5.74, 6) is 0.0463. The highest BCUT2D eigenvalue weighted by Crippen LogP contribution is 2.12. The molecule has 0 spiro atoms. The molecule has 66 valence electrons. The van der Waals surface area contributed by atoms with Gasteiger partial charge in [-0.25, -0.2) is 0 Å². The summed E-state index contributed by atoms with van der Waals surface area (Å²) in [6.07, 6.45) is 0. The van der Waals surface area contributed by atoms with Crippen LogP contribution in [0.5, 0.6) is 0 Å². The Morgan fingerprint density at radius 3 is 2.27 bits per heavy atom. The number of carbonyl (C=O) groups is 1. The van der Waals surface area contributed by atoms with Crippen LogP contribution < -0.4 is 5.32 Å². The van der Waals surface area contributed by atoms with E-state index in [9.17, 15) is 4.79 Å². The summed E-state index contributed by atoms with van der Waals surface area (Å²) in [4.78, 5) is 11.2. The van der Waals surface area contributed by atoms with E-state index < -0.39 is 0 Å². The first-order valence-corrected chi connectivity index (χ1v) is 4.20. The van der Waals surface area contributed by atoms with Crippen molar-refractivity contribution < 1.29 is 4.79 Å². The Hall–Kier alpha value is -0.240. The molecule has 2 nitrogen and oxygen atoms in total. The van der Waals surface area contributed by atoms with Crippen molar-refractivity contribution in [2.75, 3.05) is 6.54 Å². The van der Waals surface area contributed by atoms with Gasteiger partial charge < -0.3 is 5.32 Å². The van der Waals surface area contributed by atoms with Crippen molar-refractivity contribution >= 4 is 17.5 Å². The van der Waals surface area contributed by atoms with Gasteiger partial charge in [0.25, 0.3) is 0 Å². The molecule has 0 heterocycles. The molecule has 0 saturated carbocycles. The molecule has 1 atom stereocenters. The van der Waals surface area contributed by atoms with Gasteiger partial charge in [0, 0.05) is 17.3 Å². The predicted molar refractivity (Wildman–Crippen MR) is 47.8 cm³/mol. The van der Waals surface area contributed by atoms with Gasteiger partial charge in [0.1, 0.15) is 0 Å². The van der Waals surface area contributed by atoms with E-state index in [1.54, 1.807) is 0 Å². The predicted octanol–water partition coefficient (Wildman–Crippen LogP) is 1.78. The van der Waals surface area contributed by atoms with E-state index in [0.717, 1.165) is 0 Å². The summed E-state index contributed by atoms with van der Waals surface area (Å²) in [5.41, 5.74) is -0.314. The van der Waals surface area contributed by atoms with E-state index in [-0.39, 0.29) is 16.7 Å². The number of hydrogen-bond acceptors (Lipinski definition) is 1. The smallest absolute Gasteiger partial charge is 0.225 e. The first-order valence-electron chi connectivity index (χ1n) is 3.76. The average Bonchev–Trinajstić information content (AvgIpc) is 1.80. The lowest BCUT2D eigenvalue weighted by Gasteiger charge is -2.17. The van der Waals surface area contributed by atoms with Crippen molar-refractivity contribution in [3.8, 4) is 0 Å². The zero-order valence-corrected chi connectivity index (χ0v) is 8.33. The van der Waals surface area contributed by atoms with E-state index in [2.05, 4.69) is 5.32 Å². The third-order valence-electron chi connectivity index (χ3n) is 1.23. The van der Waals surface area contributed by atoms with Gasteiger partial charge in [-0.3, -0.25) is 4.79 Å². The van der Waals surface area contributed by atoms with Gasteiger partial charge in [-0.1, -0.05) is 20.8 Å². The molecule has 11 heavy (non-hydrogen) atoms. The molecule has 1 unspecified atom stereocenters. The Labute approximate surface area is 73.3 Å². The van der Waals surface area contributed by atoms with Crippen LogP contribution in [-0.2, 0) is 4.79 Å². The molecule has 1 N–H and O–H groups in total. The van der Waals surface area contributed by atoms with Crippen LogP contribution in [0.25, 0.3) is 0 Å². The first kappa shape index (κ1) is 10.8. The minimum Gasteiger partial charge on any atom is -0.354 e. The first-order chi connectivity index (χ1) is 4.84. The number of amides is 1. The molecule has 3 heteroatoms. The molecule has 0 aromatic rings. The van der Waals surface area contributed by atoms with Crippen LogP contribution in [0.2, 0.25) is 0 Å². The van der Waals surface area contributed by atoms with Crippen molar-refractivity contribution in [2.45, 2.75) is 33.1 Å². The maximum absolute atomic E-state index is 11.2. The average molecular weight is 178 g/mol. The van der Waals surface area contributed by atoms with E-state index >= 15 is 0 Å². The molecule has 0 aliphatic heterocycles. The van der Waals surface area contributed by atoms with Crippen molar-refractivity contribution in [2.24, 2.45) is 5.41 Å². The van der Waals surface area contributed by atoms with Crippen molar-refractivity contribution in [1.29, 1.82) is 0 Å². The largest absolute Gasteiger partial charge is 0.354 e. The number of carbonyl (C=O) groups excluding carboxylic acids is 1. The van der Waals surface area contributed by atoms with Crippen LogP contribution in [0.3, 0.4) is 0 Å². The van der Waals surface area contributed by atoms with E-state index in [0.29, 0.717) is 6.54 Å². The molecule has 1 amide bonds. The second-order valence-electron chi connectivity index (χ2n) is 3.74. The summed E-state index contributed by atoms with van der Waals surface area (Å²) < 4.78 is 0. The number of rotatable bonds is 2. The zero-order chi connectivity index (χ0) is 9.07. The fourth-order valence-electron chi connectivity index (χ4n) is 0.499. The molecule has 0 fully saturated rings. The second-order valence-corrected chi connectivity index (χ2v) is 4.49. The summed E-state index contributed by atoms with van der Waals surface area (Å²) in [6, 6.07) is 0. The Morgan fingerprint density at radius 2 is 2.00 bits per heavy atom. The molecule has 0 aliphatic rings. The van der Waals surface area contributed by atoms with E-state index in [1.807, 2.05) is 27.7 Å². The lowest BCUT2D eigenvalue weighted by molar-refractivity contribution is -0.128. The van der Waals surface area contributed by atoms with Crippen molar-refractivity contribution in [3.05, 3.63) is 0 Å². The summed E-state index contributed by atoms with van der Waals surface area (Å²) >= 11 is 5.66. The molecule has 0 radical (unpaired) electrons. The molecule has 0 aromatic heterocycles. The van der Waals surface area contributed by atoms with Crippen LogP contribution in [0.15, 0.2) is 0 Å². The number of halogens is 1. The molecular formula is C8H16ClNO. The highest BCUT2D eigenvalue weighted by molar-refractivity contribution is 6.20. The topological polar surface area (TPSA) is 29.1 Å². The van der Waals surface area contributed by atoms with Crippen LogP contribution >= 0.6 is 11.6 Å².